The van der Waals surface area contributed by atoms with Crippen LogP contribution in [0.3, 0.4) is 0 Å². The van der Waals surface area contributed by atoms with Crippen LogP contribution in [0.4, 0.5) is 24.8 Å². The maximum Gasteiger partial charge on any atom is 0.451 e. The predicted molar refractivity (Wildman–Crippen MR) is 78.6 cm³/mol. The standard InChI is InChI=1S/C14H23F3N4/c1-5-8-18-11-9-12(21(7-3)10(4)6-2)20-13(19-11)14(15,16)17/h9-10H,5-8H2,1-4H3,(H,18,19,20). The highest BCUT2D eigenvalue weighted by molar-refractivity contribution is 5.50. The fraction of sp³-hybridized carbons (Fsp3) is 0.714. The molecule has 1 unspecified atom stereocenters. The van der Waals surface area contributed by atoms with Gasteiger partial charge in [0.2, 0.25) is 5.82 Å². The summed E-state index contributed by atoms with van der Waals surface area (Å²) in [5.41, 5.74) is 0. The third-order valence-corrected chi connectivity index (χ3v) is 3.28. The molecule has 120 valence electrons. The quantitative estimate of drug-likeness (QED) is 0.828. The van der Waals surface area contributed by atoms with E-state index in [0.29, 0.717) is 18.9 Å². The summed E-state index contributed by atoms with van der Waals surface area (Å²) in [6.07, 6.45) is -2.91. The number of anilines is 2. The van der Waals surface area contributed by atoms with Crippen molar-refractivity contribution < 1.29 is 13.2 Å². The lowest BCUT2D eigenvalue weighted by Gasteiger charge is -2.29. The van der Waals surface area contributed by atoms with Gasteiger partial charge >= 0.3 is 6.18 Å². The third kappa shape index (κ3) is 4.75. The van der Waals surface area contributed by atoms with Crippen LogP contribution in [-0.4, -0.2) is 29.1 Å². The Morgan fingerprint density at radius 2 is 1.90 bits per heavy atom. The lowest BCUT2D eigenvalue weighted by molar-refractivity contribution is -0.144. The number of nitrogens with one attached hydrogen (secondary N) is 1. The minimum absolute atomic E-state index is 0.116. The maximum atomic E-state index is 12.9. The lowest BCUT2D eigenvalue weighted by Crippen LogP contribution is -2.33. The van der Waals surface area contributed by atoms with E-state index in [2.05, 4.69) is 15.3 Å². The average Bonchev–Trinajstić information content (AvgIpc) is 2.44. The number of hydrogen-bond donors (Lipinski definition) is 1. The molecule has 1 rings (SSSR count). The van der Waals surface area contributed by atoms with E-state index in [4.69, 9.17) is 0 Å². The topological polar surface area (TPSA) is 41.0 Å². The Morgan fingerprint density at radius 1 is 1.24 bits per heavy atom. The highest BCUT2D eigenvalue weighted by Crippen LogP contribution is 2.30. The van der Waals surface area contributed by atoms with E-state index in [0.717, 1.165) is 12.8 Å². The monoisotopic (exact) mass is 304 g/mol. The highest BCUT2D eigenvalue weighted by atomic mass is 19.4. The molecule has 7 heteroatoms. The molecular weight excluding hydrogens is 281 g/mol. The van der Waals surface area contributed by atoms with Gasteiger partial charge in [0.1, 0.15) is 11.6 Å². The molecule has 1 atom stereocenters. The summed E-state index contributed by atoms with van der Waals surface area (Å²) in [6, 6.07) is 1.70. The Hall–Kier alpha value is -1.53. The van der Waals surface area contributed by atoms with Gasteiger partial charge in [0.05, 0.1) is 0 Å². The molecular formula is C14H23F3N4. The van der Waals surface area contributed by atoms with Gasteiger partial charge in [-0.1, -0.05) is 13.8 Å². The smallest absolute Gasteiger partial charge is 0.370 e. The summed E-state index contributed by atoms with van der Waals surface area (Å²) in [5, 5.41) is 2.91. The molecule has 0 aliphatic carbocycles. The van der Waals surface area contributed by atoms with Gasteiger partial charge in [0.15, 0.2) is 0 Å². The zero-order chi connectivity index (χ0) is 16.0. The van der Waals surface area contributed by atoms with Gasteiger partial charge in [0.25, 0.3) is 0 Å². The first-order chi connectivity index (χ1) is 9.83. The van der Waals surface area contributed by atoms with E-state index in [9.17, 15) is 13.2 Å². The van der Waals surface area contributed by atoms with Crippen molar-refractivity contribution in [1.29, 1.82) is 0 Å². The first-order valence-electron chi connectivity index (χ1n) is 7.30. The molecule has 0 aliphatic rings. The van der Waals surface area contributed by atoms with Crippen LogP contribution < -0.4 is 10.2 Å². The van der Waals surface area contributed by atoms with Crippen LogP contribution in [0.5, 0.6) is 0 Å². The van der Waals surface area contributed by atoms with Crippen molar-refractivity contribution in [2.75, 3.05) is 23.3 Å². The minimum Gasteiger partial charge on any atom is -0.370 e. The van der Waals surface area contributed by atoms with Crippen molar-refractivity contribution in [3.05, 3.63) is 11.9 Å². The van der Waals surface area contributed by atoms with Crippen LogP contribution in [0.25, 0.3) is 0 Å². The van der Waals surface area contributed by atoms with Gasteiger partial charge in [-0.05, 0) is 26.7 Å². The molecule has 0 amide bonds. The van der Waals surface area contributed by atoms with E-state index in [1.54, 1.807) is 6.07 Å². The SMILES string of the molecule is CCCNc1cc(N(CC)C(C)CC)nc(C(F)(F)F)n1. The normalized spacial score (nSPS) is 13.1. The van der Waals surface area contributed by atoms with Gasteiger partial charge in [-0.15, -0.1) is 0 Å². The summed E-state index contributed by atoms with van der Waals surface area (Å²) in [5.74, 6) is -0.566. The summed E-state index contributed by atoms with van der Waals surface area (Å²) < 4.78 is 38.8. The first kappa shape index (κ1) is 17.5. The molecule has 0 saturated heterocycles. The van der Waals surface area contributed by atoms with Gasteiger partial charge in [0, 0.05) is 25.2 Å². The summed E-state index contributed by atoms with van der Waals surface area (Å²) in [4.78, 5) is 9.13. The van der Waals surface area contributed by atoms with Crippen LogP contribution >= 0.6 is 0 Å². The maximum absolute atomic E-state index is 12.9. The molecule has 0 radical (unpaired) electrons. The number of halogens is 3. The molecule has 4 nitrogen and oxygen atoms in total. The third-order valence-electron chi connectivity index (χ3n) is 3.28. The molecule has 1 aromatic rings. The second kappa shape index (κ2) is 7.47. The van der Waals surface area contributed by atoms with Crippen molar-refractivity contribution in [1.82, 2.24) is 9.97 Å². The average molecular weight is 304 g/mol. The van der Waals surface area contributed by atoms with Crippen LogP contribution in [0, 0.1) is 0 Å². The van der Waals surface area contributed by atoms with Crippen LogP contribution in [-0.2, 0) is 6.18 Å². The molecule has 1 aromatic heterocycles. The number of alkyl halides is 3. The molecule has 0 saturated carbocycles. The fourth-order valence-corrected chi connectivity index (χ4v) is 1.97. The van der Waals surface area contributed by atoms with Crippen molar-refractivity contribution in [3.8, 4) is 0 Å². The van der Waals surface area contributed by atoms with Crippen molar-refractivity contribution in [2.24, 2.45) is 0 Å². The second-order valence-corrected chi connectivity index (χ2v) is 4.90. The minimum atomic E-state index is -4.55. The zero-order valence-electron chi connectivity index (χ0n) is 13.0. The van der Waals surface area contributed by atoms with Crippen LogP contribution in [0.1, 0.15) is 46.4 Å². The molecule has 1 heterocycles. The second-order valence-electron chi connectivity index (χ2n) is 4.90. The van der Waals surface area contributed by atoms with Crippen LogP contribution in [0.15, 0.2) is 6.07 Å². The summed E-state index contributed by atoms with van der Waals surface area (Å²) in [6.45, 7) is 8.98. The van der Waals surface area contributed by atoms with Crippen molar-refractivity contribution in [3.63, 3.8) is 0 Å². The van der Waals surface area contributed by atoms with E-state index in [1.807, 2.05) is 32.6 Å². The Morgan fingerprint density at radius 3 is 2.38 bits per heavy atom. The van der Waals surface area contributed by atoms with E-state index in [-0.39, 0.29) is 11.9 Å². The number of rotatable bonds is 7. The molecule has 0 aromatic carbocycles. The molecule has 0 bridgehead atoms. The Kier molecular flexibility index (Phi) is 6.23. The molecule has 0 spiro atoms. The highest BCUT2D eigenvalue weighted by Gasteiger charge is 2.36. The largest absolute Gasteiger partial charge is 0.451 e. The van der Waals surface area contributed by atoms with E-state index < -0.39 is 12.0 Å². The molecule has 0 aliphatic heterocycles. The number of aromatic nitrogens is 2. The summed E-state index contributed by atoms with van der Waals surface area (Å²) >= 11 is 0. The number of nitrogens with zero attached hydrogens (tertiary/aromatic N) is 3. The molecule has 1 N–H and O–H groups in total. The Bertz CT molecular complexity index is 448. The lowest BCUT2D eigenvalue weighted by atomic mass is 10.2. The zero-order valence-corrected chi connectivity index (χ0v) is 13.0. The van der Waals surface area contributed by atoms with Gasteiger partial charge in [-0.3, -0.25) is 0 Å². The van der Waals surface area contributed by atoms with Crippen molar-refractivity contribution in [2.45, 2.75) is 52.8 Å². The van der Waals surface area contributed by atoms with E-state index >= 15 is 0 Å². The molecule has 21 heavy (non-hydrogen) atoms. The first-order valence-corrected chi connectivity index (χ1v) is 7.30. The fourth-order valence-electron chi connectivity index (χ4n) is 1.97. The predicted octanol–water partition coefficient (Wildman–Crippen LogP) is 3.94. The molecule has 0 fully saturated rings. The van der Waals surface area contributed by atoms with Crippen molar-refractivity contribution >= 4 is 11.6 Å². The van der Waals surface area contributed by atoms with Gasteiger partial charge in [-0.2, -0.15) is 13.2 Å². The van der Waals surface area contributed by atoms with E-state index in [1.165, 1.54) is 0 Å². The van der Waals surface area contributed by atoms with Gasteiger partial charge in [-0.25, -0.2) is 9.97 Å². The van der Waals surface area contributed by atoms with Crippen LogP contribution in [0.2, 0.25) is 0 Å². The Labute approximate surface area is 123 Å². The number of hydrogen-bond acceptors (Lipinski definition) is 4. The Balaban J connectivity index is 3.22. The van der Waals surface area contributed by atoms with Gasteiger partial charge < -0.3 is 10.2 Å². The summed E-state index contributed by atoms with van der Waals surface area (Å²) in [7, 11) is 0.